The minimum absolute atomic E-state index is 0.112. The van der Waals surface area contributed by atoms with Gasteiger partial charge >= 0.3 is 6.01 Å². The SMILES string of the molecule is C=CC(O)N1CCN(c2nc(OC3CCN(C)CC3)nc3c2CCN(c2cc(O)cc4ccccc24)C3)CC1. The first-order valence-electron chi connectivity index (χ1n) is 14.0. The average molecular weight is 531 g/mol. The normalized spacial score (nSPS) is 20.2. The number of anilines is 2. The first kappa shape index (κ1) is 25.9. The minimum atomic E-state index is -0.625. The van der Waals surface area contributed by atoms with Crippen molar-refractivity contribution in [3.8, 4) is 11.8 Å². The maximum atomic E-state index is 10.5. The molecule has 0 spiro atoms. The number of hydrogen-bond donors (Lipinski definition) is 2. The molecule has 1 atom stereocenters. The Morgan fingerprint density at radius 2 is 1.77 bits per heavy atom. The summed E-state index contributed by atoms with van der Waals surface area (Å²) in [6, 6.07) is 12.3. The third kappa shape index (κ3) is 5.39. The summed E-state index contributed by atoms with van der Waals surface area (Å²) in [6.45, 7) is 10.2. The largest absolute Gasteiger partial charge is 0.508 e. The number of ether oxygens (including phenoxy) is 1. The van der Waals surface area contributed by atoms with E-state index in [1.165, 1.54) is 5.56 Å². The van der Waals surface area contributed by atoms with Crippen molar-refractivity contribution in [3.05, 3.63) is 60.3 Å². The summed E-state index contributed by atoms with van der Waals surface area (Å²) in [5.74, 6) is 1.22. The van der Waals surface area contributed by atoms with Gasteiger partial charge in [-0.3, -0.25) is 4.90 Å². The number of benzene rings is 2. The van der Waals surface area contributed by atoms with Gasteiger partial charge in [0.25, 0.3) is 0 Å². The van der Waals surface area contributed by atoms with Gasteiger partial charge in [0.15, 0.2) is 0 Å². The Labute approximate surface area is 229 Å². The van der Waals surface area contributed by atoms with Crippen LogP contribution in [0.25, 0.3) is 10.8 Å². The number of aliphatic hydroxyl groups is 1. The van der Waals surface area contributed by atoms with Crippen LogP contribution in [-0.4, -0.2) is 95.2 Å². The van der Waals surface area contributed by atoms with E-state index >= 15 is 0 Å². The van der Waals surface area contributed by atoms with E-state index in [-0.39, 0.29) is 11.9 Å². The van der Waals surface area contributed by atoms with Crippen molar-refractivity contribution in [2.45, 2.75) is 38.1 Å². The summed E-state index contributed by atoms with van der Waals surface area (Å²) >= 11 is 0. The van der Waals surface area contributed by atoms with Crippen LogP contribution in [0.2, 0.25) is 0 Å². The summed E-state index contributed by atoms with van der Waals surface area (Å²) in [5.41, 5.74) is 3.17. The van der Waals surface area contributed by atoms with Gasteiger partial charge in [-0.15, -0.1) is 0 Å². The van der Waals surface area contributed by atoms with Gasteiger partial charge in [0, 0.05) is 68.5 Å². The maximum absolute atomic E-state index is 10.5. The molecule has 0 aliphatic carbocycles. The number of piperidine rings is 1. The van der Waals surface area contributed by atoms with Crippen LogP contribution in [0.15, 0.2) is 49.1 Å². The van der Waals surface area contributed by atoms with Gasteiger partial charge in [0.1, 0.15) is 23.9 Å². The third-order valence-electron chi connectivity index (χ3n) is 8.32. The highest BCUT2D eigenvalue weighted by Crippen LogP contribution is 2.36. The maximum Gasteiger partial charge on any atom is 0.318 e. The second kappa shape index (κ2) is 11.0. The van der Waals surface area contributed by atoms with Crippen molar-refractivity contribution in [1.82, 2.24) is 19.8 Å². The Balaban J connectivity index is 1.32. The van der Waals surface area contributed by atoms with Gasteiger partial charge < -0.3 is 29.6 Å². The van der Waals surface area contributed by atoms with Gasteiger partial charge in [-0.1, -0.05) is 30.8 Å². The van der Waals surface area contributed by atoms with Crippen molar-refractivity contribution < 1.29 is 14.9 Å². The first-order valence-corrected chi connectivity index (χ1v) is 14.0. The lowest BCUT2D eigenvalue weighted by Crippen LogP contribution is -2.50. The monoisotopic (exact) mass is 530 g/mol. The Morgan fingerprint density at radius 3 is 2.54 bits per heavy atom. The predicted molar refractivity (Wildman–Crippen MR) is 154 cm³/mol. The van der Waals surface area contributed by atoms with Crippen LogP contribution in [0.1, 0.15) is 24.1 Å². The lowest BCUT2D eigenvalue weighted by Gasteiger charge is -2.39. The van der Waals surface area contributed by atoms with Crippen LogP contribution in [0.4, 0.5) is 11.5 Å². The molecule has 9 heteroatoms. The molecule has 39 heavy (non-hydrogen) atoms. The summed E-state index contributed by atoms with van der Waals surface area (Å²) in [6.07, 6.45) is 3.80. The van der Waals surface area contributed by atoms with Gasteiger partial charge in [0.05, 0.1) is 12.2 Å². The molecule has 0 bridgehead atoms. The Hall–Kier alpha value is -3.40. The number of nitrogens with zero attached hydrogens (tertiary/aromatic N) is 6. The highest BCUT2D eigenvalue weighted by atomic mass is 16.5. The number of phenolic OH excluding ortho intramolecular Hbond substituents is 1. The van der Waals surface area contributed by atoms with Crippen LogP contribution in [-0.2, 0) is 13.0 Å². The molecule has 1 unspecified atom stereocenters. The van der Waals surface area contributed by atoms with E-state index in [4.69, 9.17) is 14.7 Å². The van der Waals surface area contributed by atoms with Crippen molar-refractivity contribution >= 4 is 22.3 Å². The highest BCUT2D eigenvalue weighted by Gasteiger charge is 2.30. The lowest BCUT2D eigenvalue weighted by molar-refractivity contribution is 0.0378. The molecule has 2 N–H and O–H groups in total. The fourth-order valence-corrected chi connectivity index (χ4v) is 6.04. The fraction of sp³-hybridized carbons (Fsp3) is 0.467. The second-order valence-corrected chi connectivity index (χ2v) is 10.9. The van der Waals surface area contributed by atoms with Crippen molar-refractivity contribution in [2.24, 2.45) is 0 Å². The standard InChI is InChI=1S/C30H38N6O3/c1-3-28(38)34-14-16-35(17-15-34)29-25-10-13-36(27-19-22(37)18-21-6-4-5-7-24(21)27)20-26(25)31-30(32-29)39-23-8-11-33(2)12-9-23/h3-7,18-19,23,28,37-38H,1,8-17,20H2,2H3. The van der Waals surface area contributed by atoms with Gasteiger partial charge in [-0.25, -0.2) is 0 Å². The third-order valence-corrected chi connectivity index (χ3v) is 8.32. The molecule has 3 aliphatic rings. The van der Waals surface area contributed by atoms with Crippen LogP contribution in [0, 0.1) is 0 Å². The number of hydrogen-bond acceptors (Lipinski definition) is 9. The molecular weight excluding hydrogens is 492 g/mol. The summed E-state index contributed by atoms with van der Waals surface area (Å²) in [7, 11) is 2.15. The van der Waals surface area contributed by atoms with E-state index < -0.39 is 6.23 Å². The van der Waals surface area contributed by atoms with Crippen molar-refractivity contribution in [3.63, 3.8) is 0 Å². The number of aromatic nitrogens is 2. The van der Waals surface area contributed by atoms with E-state index in [9.17, 15) is 10.2 Å². The zero-order chi connectivity index (χ0) is 26.9. The zero-order valence-corrected chi connectivity index (χ0v) is 22.7. The van der Waals surface area contributed by atoms with Gasteiger partial charge in [0.2, 0.25) is 0 Å². The summed E-state index contributed by atoms with van der Waals surface area (Å²) < 4.78 is 6.41. The molecule has 0 radical (unpaired) electrons. The number of rotatable bonds is 6. The molecule has 2 aromatic carbocycles. The quantitative estimate of drug-likeness (QED) is 0.467. The average Bonchev–Trinajstić information content (AvgIpc) is 2.97. The second-order valence-electron chi connectivity index (χ2n) is 10.9. The minimum Gasteiger partial charge on any atom is -0.508 e. The Kier molecular flexibility index (Phi) is 7.29. The number of phenols is 1. The molecule has 3 aliphatic heterocycles. The van der Waals surface area contributed by atoms with E-state index in [0.29, 0.717) is 12.6 Å². The molecule has 0 amide bonds. The molecule has 6 rings (SSSR count). The summed E-state index contributed by atoms with van der Waals surface area (Å²) in [5, 5.41) is 22.8. The molecule has 206 valence electrons. The van der Waals surface area contributed by atoms with E-state index in [2.05, 4.69) is 34.4 Å². The van der Waals surface area contributed by atoms with Crippen LogP contribution >= 0.6 is 0 Å². The molecular formula is C30H38N6O3. The summed E-state index contributed by atoms with van der Waals surface area (Å²) in [4.78, 5) is 18.9. The number of aromatic hydroxyl groups is 1. The molecule has 0 saturated carbocycles. The first-order chi connectivity index (χ1) is 19.0. The molecule has 4 heterocycles. The Bertz CT molecular complexity index is 1330. The number of aliphatic hydroxyl groups excluding tert-OH is 1. The van der Waals surface area contributed by atoms with E-state index in [1.807, 2.05) is 35.2 Å². The van der Waals surface area contributed by atoms with E-state index in [0.717, 1.165) is 93.0 Å². The molecule has 3 aromatic rings. The lowest BCUT2D eigenvalue weighted by atomic mass is 10.0. The van der Waals surface area contributed by atoms with Gasteiger partial charge in [-0.2, -0.15) is 9.97 Å². The molecule has 1 aromatic heterocycles. The smallest absolute Gasteiger partial charge is 0.318 e. The number of piperazine rings is 1. The fourth-order valence-electron chi connectivity index (χ4n) is 6.04. The highest BCUT2D eigenvalue weighted by molar-refractivity contribution is 5.95. The molecule has 2 fully saturated rings. The topological polar surface area (TPSA) is 88.4 Å². The molecule has 9 nitrogen and oxygen atoms in total. The van der Waals surface area contributed by atoms with Crippen LogP contribution in [0.5, 0.6) is 11.8 Å². The van der Waals surface area contributed by atoms with E-state index in [1.54, 1.807) is 6.08 Å². The zero-order valence-electron chi connectivity index (χ0n) is 22.7. The number of likely N-dealkylation sites (tertiary alicyclic amines) is 1. The van der Waals surface area contributed by atoms with Crippen molar-refractivity contribution in [1.29, 1.82) is 0 Å². The predicted octanol–water partition coefficient (Wildman–Crippen LogP) is 3.00. The Morgan fingerprint density at radius 1 is 1.00 bits per heavy atom. The number of fused-ring (bicyclic) bond motifs is 2. The molecule has 2 saturated heterocycles. The van der Waals surface area contributed by atoms with Crippen LogP contribution in [0.3, 0.4) is 0 Å². The van der Waals surface area contributed by atoms with Gasteiger partial charge in [-0.05, 0) is 43.8 Å². The van der Waals surface area contributed by atoms with Crippen LogP contribution < -0.4 is 14.5 Å². The van der Waals surface area contributed by atoms with Crippen molar-refractivity contribution in [2.75, 3.05) is 62.7 Å².